The first-order valence-corrected chi connectivity index (χ1v) is 8.64. The number of hydrogen-bond donors (Lipinski definition) is 3. The van der Waals surface area contributed by atoms with Gasteiger partial charge in [-0.3, -0.25) is 30.6 Å². The van der Waals surface area contributed by atoms with Crippen molar-refractivity contribution in [1.82, 2.24) is 16.2 Å². The average molecular weight is 402 g/mol. The Morgan fingerprint density at radius 1 is 1.00 bits per heavy atom. The molecule has 9 nitrogen and oxygen atoms in total. The Morgan fingerprint density at radius 2 is 1.68 bits per heavy atom. The number of hydrogen-bond acceptors (Lipinski definition) is 6. The third-order valence-electron chi connectivity index (χ3n) is 3.47. The van der Waals surface area contributed by atoms with Gasteiger partial charge in [0.15, 0.2) is 11.7 Å². The molecule has 0 spiro atoms. The molecular formula is C18H18N4O5S. The first-order valence-electron chi connectivity index (χ1n) is 8.24. The summed E-state index contributed by atoms with van der Waals surface area (Å²) < 4.78 is 5.20. The predicted octanol–water partition coefficient (Wildman–Crippen LogP) is 1.63. The van der Waals surface area contributed by atoms with Gasteiger partial charge in [-0.15, -0.1) is 0 Å². The molecule has 2 amide bonds. The van der Waals surface area contributed by atoms with Crippen LogP contribution < -0.4 is 20.9 Å². The molecule has 0 unspecified atom stereocenters. The maximum Gasteiger partial charge on any atom is 0.276 e. The Morgan fingerprint density at radius 3 is 2.32 bits per heavy atom. The molecule has 3 N–H and O–H groups in total. The number of hydrazine groups is 1. The molecule has 0 aromatic heterocycles. The van der Waals surface area contributed by atoms with Gasteiger partial charge in [-0.2, -0.15) is 0 Å². The normalized spacial score (nSPS) is 9.86. The Hall–Kier alpha value is -3.53. The molecule has 0 fully saturated rings. The highest BCUT2D eigenvalue weighted by atomic mass is 32.1. The van der Waals surface area contributed by atoms with Crippen LogP contribution in [0.1, 0.15) is 12.0 Å². The summed E-state index contributed by atoms with van der Waals surface area (Å²) in [4.78, 5) is 33.6. The van der Waals surface area contributed by atoms with Gasteiger partial charge in [0.25, 0.3) is 11.6 Å². The third kappa shape index (κ3) is 7.38. The Balaban J connectivity index is 1.64. The van der Waals surface area contributed by atoms with Crippen molar-refractivity contribution in [1.29, 1.82) is 0 Å². The predicted molar refractivity (Wildman–Crippen MR) is 105 cm³/mol. The molecule has 2 aromatic carbocycles. The van der Waals surface area contributed by atoms with E-state index in [-0.39, 0.29) is 29.7 Å². The summed E-state index contributed by atoms with van der Waals surface area (Å²) in [5.41, 5.74) is 5.64. The van der Waals surface area contributed by atoms with Crippen LogP contribution in [0.3, 0.4) is 0 Å². The van der Waals surface area contributed by atoms with Gasteiger partial charge in [0, 0.05) is 18.6 Å². The lowest BCUT2D eigenvalue weighted by molar-refractivity contribution is -0.384. The van der Waals surface area contributed by atoms with Gasteiger partial charge < -0.3 is 10.1 Å². The van der Waals surface area contributed by atoms with Gasteiger partial charge in [0.1, 0.15) is 5.75 Å². The van der Waals surface area contributed by atoms with Crippen molar-refractivity contribution in [3.05, 3.63) is 70.3 Å². The van der Waals surface area contributed by atoms with E-state index in [1.807, 2.05) is 30.3 Å². The third-order valence-corrected chi connectivity index (χ3v) is 3.67. The maximum absolute atomic E-state index is 11.8. The van der Waals surface area contributed by atoms with Gasteiger partial charge in [0.2, 0.25) is 5.91 Å². The molecule has 0 aliphatic heterocycles. The van der Waals surface area contributed by atoms with Crippen molar-refractivity contribution in [2.45, 2.75) is 12.8 Å². The van der Waals surface area contributed by atoms with Crippen LogP contribution in [0.5, 0.6) is 5.75 Å². The molecule has 0 bridgehead atoms. The van der Waals surface area contributed by atoms with E-state index in [0.29, 0.717) is 12.2 Å². The zero-order chi connectivity index (χ0) is 20.4. The minimum Gasteiger partial charge on any atom is -0.484 e. The van der Waals surface area contributed by atoms with E-state index < -0.39 is 10.8 Å². The summed E-state index contributed by atoms with van der Waals surface area (Å²) in [6.45, 7) is -0.338. The van der Waals surface area contributed by atoms with Gasteiger partial charge in [-0.05, 0) is 36.3 Å². The molecule has 2 rings (SSSR count). The fourth-order valence-electron chi connectivity index (χ4n) is 2.10. The number of nitro benzene ring substituents is 1. The highest BCUT2D eigenvalue weighted by Gasteiger charge is 2.08. The molecule has 0 heterocycles. The summed E-state index contributed by atoms with van der Waals surface area (Å²) in [6.07, 6.45) is 0.827. The second kappa shape index (κ2) is 10.6. The molecule has 28 heavy (non-hydrogen) atoms. The highest BCUT2D eigenvalue weighted by molar-refractivity contribution is 7.80. The Bertz CT molecular complexity index is 843. The van der Waals surface area contributed by atoms with Crippen LogP contribution in [0.15, 0.2) is 54.6 Å². The van der Waals surface area contributed by atoms with E-state index in [1.165, 1.54) is 24.3 Å². The number of carbonyl (C=O) groups is 2. The second-order valence-electron chi connectivity index (χ2n) is 5.58. The minimum atomic E-state index is -0.542. The van der Waals surface area contributed by atoms with E-state index in [2.05, 4.69) is 16.2 Å². The summed E-state index contributed by atoms with van der Waals surface area (Å²) in [7, 11) is 0. The fourth-order valence-corrected chi connectivity index (χ4v) is 2.26. The van der Waals surface area contributed by atoms with Gasteiger partial charge in [-0.1, -0.05) is 30.3 Å². The fraction of sp³-hybridized carbons (Fsp3) is 0.167. The van der Waals surface area contributed by atoms with Gasteiger partial charge >= 0.3 is 0 Å². The minimum absolute atomic E-state index is 0.0400. The van der Waals surface area contributed by atoms with Crippen LogP contribution in [0, 0.1) is 10.1 Å². The molecule has 146 valence electrons. The zero-order valence-electron chi connectivity index (χ0n) is 14.7. The monoisotopic (exact) mass is 402 g/mol. The molecule has 2 aromatic rings. The number of non-ortho nitro benzene ring substituents is 1. The maximum atomic E-state index is 11.8. The lowest BCUT2D eigenvalue weighted by Crippen LogP contribution is -2.49. The number of nitrogens with one attached hydrogen (secondary N) is 3. The average Bonchev–Trinajstić information content (AvgIpc) is 2.70. The van der Waals surface area contributed by atoms with Crippen molar-refractivity contribution in [3.63, 3.8) is 0 Å². The summed E-state index contributed by atoms with van der Waals surface area (Å²) in [5, 5.41) is 13.0. The van der Waals surface area contributed by atoms with E-state index >= 15 is 0 Å². The largest absolute Gasteiger partial charge is 0.484 e. The van der Waals surface area contributed by atoms with Crippen molar-refractivity contribution in [2.24, 2.45) is 0 Å². The quantitative estimate of drug-likeness (QED) is 0.365. The number of aryl methyl sites for hydroxylation is 1. The lowest BCUT2D eigenvalue weighted by Gasteiger charge is -2.11. The smallest absolute Gasteiger partial charge is 0.276 e. The van der Waals surface area contributed by atoms with Crippen molar-refractivity contribution in [2.75, 3.05) is 6.61 Å². The molecule has 10 heteroatoms. The number of nitro groups is 1. The molecule has 0 aliphatic carbocycles. The van der Waals surface area contributed by atoms with Gasteiger partial charge in [0.05, 0.1) is 4.92 Å². The Labute approximate surface area is 166 Å². The molecule has 0 saturated heterocycles. The first kappa shape index (κ1) is 20.8. The van der Waals surface area contributed by atoms with E-state index in [0.717, 1.165) is 5.56 Å². The van der Waals surface area contributed by atoms with Crippen molar-refractivity contribution >= 4 is 34.8 Å². The SMILES string of the molecule is O=C(COc1ccc([N+](=O)[O-])cc1)NNC(=S)NC(=O)CCc1ccccc1. The van der Waals surface area contributed by atoms with E-state index in [9.17, 15) is 19.7 Å². The van der Waals surface area contributed by atoms with Crippen molar-refractivity contribution < 1.29 is 19.2 Å². The number of carbonyl (C=O) groups excluding carboxylic acids is 2. The summed E-state index contributed by atoms with van der Waals surface area (Å²) in [6, 6.07) is 14.9. The number of ether oxygens (including phenoxy) is 1. The van der Waals surface area contributed by atoms with E-state index in [4.69, 9.17) is 17.0 Å². The first-order chi connectivity index (χ1) is 13.4. The van der Waals surface area contributed by atoms with Crippen LogP contribution in [-0.4, -0.2) is 28.5 Å². The molecule has 0 radical (unpaired) electrons. The zero-order valence-corrected chi connectivity index (χ0v) is 15.5. The van der Waals surface area contributed by atoms with Crippen LogP contribution >= 0.6 is 12.2 Å². The molecular weight excluding hydrogens is 384 g/mol. The van der Waals surface area contributed by atoms with Gasteiger partial charge in [-0.25, -0.2) is 0 Å². The number of nitrogens with zero attached hydrogens (tertiary/aromatic N) is 1. The molecule has 0 saturated carbocycles. The second-order valence-corrected chi connectivity index (χ2v) is 5.98. The lowest BCUT2D eigenvalue weighted by atomic mass is 10.1. The van der Waals surface area contributed by atoms with Crippen LogP contribution in [0.4, 0.5) is 5.69 Å². The van der Waals surface area contributed by atoms with Crippen LogP contribution in [0.2, 0.25) is 0 Å². The van der Waals surface area contributed by atoms with Crippen LogP contribution in [0.25, 0.3) is 0 Å². The summed E-state index contributed by atoms with van der Waals surface area (Å²) >= 11 is 4.93. The summed E-state index contributed by atoms with van der Waals surface area (Å²) in [5.74, 6) is -0.519. The number of benzene rings is 2. The number of amides is 2. The topological polar surface area (TPSA) is 123 Å². The highest BCUT2D eigenvalue weighted by Crippen LogP contribution is 2.16. The number of rotatable bonds is 7. The van der Waals surface area contributed by atoms with Crippen LogP contribution in [-0.2, 0) is 16.0 Å². The van der Waals surface area contributed by atoms with Crippen molar-refractivity contribution in [3.8, 4) is 5.75 Å². The Kier molecular flexibility index (Phi) is 7.85. The molecule has 0 aliphatic rings. The standard InChI is InChI=1S/C18H18N4O5S/c23-16(11-6-13-4-2-1-3-5-13)19-18(28)21-20-17(24)12-27-15-9-7-14(8-10-15)22(25)26/h1-5,7-10H,6,11-12H2,(H,20,24)(H2,19,21,23,28). The number of thiocarbonyl (C=S) groups is 1. The molecule has 0 atom stereocenters. The van der Waals surface area contributed by atoms with E-state index in [1.54, 1.807) is 0 Å².